The maximum atomic E-state index is 11.7. The standard InChI is InChI=1S/C15H22N6OS/c1-10-17-13-5-4-11(8-21(13)19-10)16-7-12-9-23-14(18-12)6-15(22)20(2)3/h9,11,16H,4-8H2,1-3H3/t11-/m1/s1. The summed E-state index contributed by atoms with van der Waals surface area (Å²) in [4.78, 5) is 22.3. The van der Waals surface area contributed by atoms with Crippen LogP contribution in [0.3, 0.4) is 0 Å². The highest BCUT2D eigenvalue weighted by atomic mass is 32.1. The highest BCUT2D eigenvalue weighted by molar-refractivity contribution is 7.09. The molecule has 0 saturated carbocycles. The lowest BCUT2D eigenvalue weighted by atomic mass is 10.1. The number of rotatable bonds is 5. The summed E-state index contributed by atoms with van der Waals surface area (Å²) in [5.74, 6) is 2.01. The molecule has 1 atom stereocenters. The molecule has 124 valence electrons. The van der Waals surface area contributed by atoms with Gasteiger partial charge in [-0.05, 0) is 13.3 Å². The number of aryl methyl sites for hydroxylation is 2. The van der Waals surface area contributed by atoms with Gasteiger partial charge < -0.3 is 10.2 Å². The average Bonchev–Trinajstić information content (AvgIpc) is 3.09. The van der Waals surface area contributed by atoms with Crippen LogP contribution in [-0.2, 0) is 30.7 Å². The predicted octanol–water partition coefficient (Wildman–Crippen LogP) is 0.778. The second-order valence-corrected chi connectivity index (χ2v) is 7.01. The zero-order valence-electron chi connectivity index (χ0n) is 13.7. The zero-order valence-corrected chi connectivity index (χ0v) is 14.6. The quantitative estimate of drug-likeness (QED) is 0.874. The first-order valence-corrected chi connectivity index (χ1v) is 8.66. The van der Waals surface area contributed by atoms with Gasteiger partial charge in [-0.3, -0.25) is 4.79 Å². The lowest BCUT2D eigenvalue weighted by Crippen LogP contribution is -2.37. The van der Waals surface area contributed by atoms with Gasteiger partial charge in [0, 0.05) is 38.5 Å². The van der Waals surface area contributed by atoms with Crippen molar-refractivity contribution in [2.75, 3.05) is 14.1 Å². The number of aromatic nitrogens is 4. The molecule has 2 aromatic heterocycles. The molecule has 0 aliphatic carbocycles. The number of hydrogen-bond acceptors (Lipinski definition) is 6. The number of fused-ring (bicyclic) bond motifs is 1. The number of thiazole rings is 1. The van der Waals surface area contributed by atoms with Gasteiger partial charge >= 0.3 is 0 Å². The van der Waals surface area contributed by atoms with Gasteiger partial charge in [0.25, 0.3) is 0 Å². The molecule has 1 aliphatic heterocycles. The molecule has 0 aromatic carbocycles. The first-order chi connectivity index (χ1) is 11.0. The Morgan fingerprint density at radius 3 is 3.09 bits per heavy atom. The van der Waals surface area contributed by atoms with E-state index in [0.29, 0.717) is 12.5 Å². The van der Waals surface area contributed by atoms with Crippen LogP contribution < -0.4 is 5.32 Å². The van der Waals surface area contributed by atoms with E-state index in [1.54, 1.807) is 30.3 Å². The summed E-state index contributed by atoms with van der Waals surface area (Å²) in [7, 11) is 3.53. The van der Waals surface area contributed by atoms with E-state index in [-0.39, 0.29) is 5.91 Å². The summed E-state index contributed by atoms with van der Waals surface area (Å²) in [6.07, 6.45) is 2.40. The fourth-order valence-electron chi connectivity index (χ4n) is 2.65. The molecule has 0 fully saturated rings. The van der Waals surface area contributed by atoms with Crippen LogP contribution in [0.4, 0.5) is 0 Å². The molecule has 1 amide bonds. The molecule has 0 saturated heterocycles. The van der Waals surface area contributed by atoms with E-state index in [0.717, 1.165) is 48.3 Å². The number of likely N-dealkylation sites (N-methyl/N-ethyl adjacent to an activating group) is 1. The van der Waals surface area contributed by atoms with Crippen molar-refractivity contribution in [2.24, 2.45) is 0 Å². The van der Waals surface area contributed by atoms with E-state index in [4.69, 9.17) is 0 Å². The molecule has 1 N–H and O–H groups in total. The molecule has 0 unspecified atom stereocenters. The normalized spacial score (nSPS) is 17.1. The Bertz CT molecular complexity index is 692. The largest absolute Gasteiger partial charge is 0.348 e. The predicted molar refractivity (Wildman–Crippen MR) is 88.2 cm³/mol. The van der Waals surface area contributed by atoms with Gasteiger partial charge in [0.2, 0.25) is 5.91 Å². The third kappa shape index (κ3) is 3.94. The van der Waals surface area contributed by atoms with Gasteiger partial charge in [-0.1, -0.05) is 0 Å². The fraction of sp³-hybridized carbons (Fsp3) is 0.600. The highest BCUT2D eigenvalue weighted by Crippen LogP contribution is 2.15. The lowest BCUT2D eigenvalue weighted by molar-refractivity contribution is -0.127. The average molecular weight is 334 g/mol. The molecule has 0 bridgehead atoms. The summed E-state index contributed by atoms with van der Waals surface area (Å²) in [6.45, 7) is 3.51. The van der Waals surface area contributed by atoms with Gasteiger partial charge in [0.15, 0.2) is 0 Å². The molecule has 2 aromatic rings. The van der Waals surface area contributed by atoms with Crippen LogP contribution in [0.25, 0.3) is 0 Å². The van der Waals surface area contributed by atoms with Crippen LogP contribution in [0.5, 0.6) is 0 Å². The summed E-state index contributed by atoms with van der Waals surface area (Å²) in [5.41, 5.74) is 0.997. The van der Waals surface area contributed by atoms with Crippen molar-refractivity contribution in [2.45, 2.75) is 45.3 Å². The molecular weight excluding hydrogens is 312 g/mol. The van der Waals surface area contributed by atoms with E-state index in [2.05, 4.69) is 20.4 Å². The van der Waals surface area contributed by atoms with Gasteiger partial charge in [-0.2, -0.15) is 5.10 Å². The Morgan fingerprint density at radius 1 is 1.48 bits per heavy atom. The van der Waals surface area contributed by atoms with Gasteiger partial charge in [-0.25, -0.2) is 14.6 Å². The summed E-state index contributed by atoms with van der Waals surface area (Å²) < 4.78 is 2.00. The van der Waals surface area contributed by atoms with Crippen molar-refractivity contribution < 1.29 is 4.79 Å². The number of nitrogens with zero attached hydrogens (tertiary/aromatic N) is 5. The van der Waals surface area contributed by atoms with Crippen LogP contribution in [-0.4, -0.2) is 50.7 Å². The van der Waals surface area contributed by atoms with E-state index in [1.807, 2.05) is 17.0 Å². The van der Waals surface area contributed by atoms with E-state index in [9.17, 15) is 4.79 Å². The Morgan fingerprint density at radius 2 is 2.30 bits per heavy atom. The number of hydrogen-bond donors (Lipinski definition) is 1. The Balaban J connectivity index is 1.51. The topological polar surface area (TPSA) is 75.9 Å². The van der Waals surface area contributed by atoms with Crippen LogP contribution >= 0.6 is 11.3 Å². The molecule has 0 spiro atoms. The van der Waals surface area contributed by atoms with Crippen molar-refractivity contribution in [3.05, 3.63) is 27.7 Å². The monoisotopic (exact) mass is 334 g/mol. The maximum Gasteiger partial charge on any atom is 0.228 e. The van der Waals surface area contributed by atoms with Crippen LogP contribution in [0.1, 0.15) is 28.8 Å². The molecular formula is C15H22N6OS. The molecule has 8 heteroatoms. The SMILES string of the molecule is Cc1nc2n(n1)C[C@H](NCc1csc(CC(=O)N(C)C)n1)CC2. The highest BCUT2D eigenvalue weighted by Gasteiger charge is 2.20. The fourth-order valence-corrected chi connectivity index (χ4v) is 3.43. The van der Waals surface area contributed by atoms with Crippen LogP contribution in [0.2, 0.25) is 0 Å². The molecule has 3 heterocycles. The van der Waals surface area contributed by atoms with Gasteiger partial charge in [-0.15, -0.1) is 11.3 Å². The van der Waals surface area contributed by atoms with Gasteiger partial charge in [0.1, 0.15) is 16.7 Å². The number of carbonyl (C=O) groups excluding carboxylic acids is 1. The minimum atomic E-state index is 0.0835. The summed E-state index contributed by atoms with van der Waals surface area (Å²) in [5, 5.41) is 10.9. The Kier molecular flexibility index (Phi) is 4.72. The zero-order chi connectivity index (χ0) is 16.4. The molecule has 3 rings (SSSR count). The summed E-state index contributed by atoms with van der Waals surface area (Å²) in [6, 6.07) is 0.386. The van der Waals surface area contributed by atoms with Crippen molar-refractivity contribution in [3.63, 3.8) is 0 Å². The number of nitrogens with one attached hydrogen (secondary N) is 1. The second kappa shape index (κ2) is 6.76. The minimum Gasteiger partial charge on any atom is -0.348 e. The Labute approximate surface area is 139 Å². The lowest BCUT2D eigenvalue weighted by Gasteiger charge is -2.23. The molecule has 7 nitrogen and oxygen atoms in total. The van der Waals surface area contributed by atoms with E-state index >= 15 is 0 Å². The number of carbonyl (C=O) groups is 1. The molecule has 23 heavy (non-hydrogen) atoms. The van der Waals surface area contributed by atoms with Crippen molar-refractivity contribution in [3.8, 4) is 0 Å². The van der Waals surface area contributed by atoms with Crippen LogP contribution in [0, 0.1) is 6.92 Å². The van der Waals surface area contributed by atoms with E-state index < -0.39 is 0 Å². The third-order valence-corrected chi connectivity index (χ3v) is 4.83. The molecule has 1 aliphatic rings. The van der Waals surface area contributed by atoms with Crippen molar-refractivity contribution >= 4 is 17.2 Å². The number of amides is 1. The first-order valence-electron chi connectivity index (χ1n) is 7.78. The summed E-state index contributed by atoms with van der Waals surface area (Å²) >= 11 is 1.55. The van der Waals surface area contributed by atoms with Crippen molar-refractivity contribution in [1.29, 1.82) is 0 Å². The second-order valence-electron chi connectivity index (χ2n) is 6.07. The van der Waals surface area contributed by atoms with Crippen molar-refractivity contribution in [1.82, 2.24) is 30.0 Å². The van der Waals surface area contributed by atoms with E-state index in [1.165, 1.54) is 0 Å². The van der Waals surface area contributed by atoms with Crippen LogP contribution in [0.15, 0.2) is 5.38 Å². The third-order valence-electron chi connectivity index (χ3n) is 3.94. The maximum absolute atomic E-state index is 11.7. The first kappa shape index (κ1) is 16.1. The smallest absolute Gasteiger partial charge is 0.228 e. The van der Waals surface area contributed by atoms with Gasteiger partial charge in [0.05, 0.1) is 18.7 Å². The minimum absolute atomic E-state index is 0.0835. The molecule has 0 radical (unpaired) electrons. The Hall–Kier alpha value is -1.80.